The lowest BCUT2D eigenvalue weighted by molar-refractivity contribution is -0.116. The molecule has 0 saturated carbocycles. The van der Waals surface area contributed by atoms with E-state index in [9.17, 15) is 13.2 Å². The predicted octanol–water partition coefficient (Wildman–Crippen LogP) is 3.24. The third-order valence-corrected chi connectivity index (χ3v) is 4.97. The topological polar surface area (TPSA) is 66.5 Å². The summed E-state index contributed by atoms with van der Waals surface area (Å²) in [6.45, 7) is 0.0696. The summed E-state index contributed by atoms with van der Waals surface area (Å²) in [5.74, 6) is -0.239. The van der Waals surface area contributed by atoms with Crippen LogP contribution in [0, 0.1) is 0 Å². The quantitative estimate of drug-likeness (QED) is 0.814. The summed E-state index contributed by atoms with van der Waals surface area (Å²) < 4.78 is 25.9. The van der Waals surface area contributed by atoms with Crippen LogP contribution >= 0.6 is 15.9 Å². The Morgan fingerprint density at radius 1 is 1.09 bits per heavy atom. The van der Waals surface area contributed by atoms with Crippen LogP contribution in [0.5, 0.6) is 0 Å². The van der Waals surface area contributed by atoms with Crippen LogP contribution in [-0.4, -0.2) is 27.1 Å². The van der Waals surface area contributed by atoms with Gasteiger partial charge in [0.1, 0.15) is 0 Å². The molecule has 0 bridgehead atoms. The number of rotatable bonds is 6. The molecule has 5 nitrogen and oxygen atoms in total. The fraction of sp³-hybridized carbons (Fsp3) is 0.188. The molecule has 1 amide bonds. The van der Waals surface area contributed by atoms with Crippen molar-refractivity contribution in [2.24, 2.45) is 0 Å². The molecule has 0 atom stereocenters. The van der Waals surface area contributed by atoms with Gasteiger partial charge in [-0.3, -0.25) is 9.10 Å². The van der Waals surface area contributed by atoms with E-state index >= 15 is 0 Å². The van der Waals surface area contributed by atoms with Gasteiger partial charge < -0.3 is 5.32 Å². The number of para-hydroxylation sites is 2. The van der Waals surface area contributed by atoms with Gasteiger partial charge in [0.05, 0.1) is 11.9 Å². The minimum atomic E-state index is -3.49. The van der Waals surface area contributed by atoms with Gasteiger partial charge >= 0.3 is 0 Å². The number of carbonyl (C=O) groups excluding carboxylic acids is 1. The molecule has 1 N–H and O–H groups in total. The zero-order valence-electron chi connectivity index (χ0n) is 12.6. The lowest BCUT2D eigenvalue weighted by Crippen LogP contribution is -2.33. The highest BCUT2D eigenvalue weighted by atomic mass is 79.9. The average molecular weight is 397 g/mol. The number of amides is 1. The predicted molar refractivity (Wildman–Crippen MR) is 96.0 cm³/mol. The van der Waals surface area contributed by atoms with Crippen LogP contribution in [0.3, 0.4) is 0 Å². The number of hydrogen-bond donors (Lipinski definition) is 1. The molecule has 0 saturated heterocycles. The summed E-state index contributed by atoms with van der Waals surface area (Å²) in [5.41, 5.74) is 1.20. The molecule has 2 aromatic carbocycles. The Morgan fingerprint density at radius 3 is 2.30 bits per heavy atom. The van der Waals surface area contributed by atoms with Gasteiger partial charge in [-0.2, -0.15) is 0 Å². The van der Waals surface area contributed by atoms with E-state index in [1.54, 1.807) is 36.4 Å². The first-order valence-corrected chi connectivity index (χ1v) is 9.59. The van der Waals surface area contributed by atoms with Gasteiger partial charge in [0.25, 0.3) is 0 Å². The number of nitrogens with zero attached hydrogens (tertiary/aromatic N) is 1. The van der Waals surface area contributed by atoms with E-state index in [4.69, 9.17) is 0 Å². The van der Waals surface area contributed by atoms with Crippen LogP contribution in [0.2, 0.25) is 0 Å². The maximum atomic E-state index is 12.0. The summed E-state index contributed by atoms with van der Waals surface area (Å²) in [6.07, 6.45) is 1.19. The first-order valence-electron chi connectivity index (χ1n) is 6.95. The Morgan fingerprint density at radius 2 is 1.70 bits per heavy atom. The van der Waals surface area contributed by atoms with Crippen molar-refractivity contribution in [3.63, 3.8) is 0 Å². The first kappa shape index (κ1) is 17.5. The van der Waals surface area contributed by atoms with E-state index in [0.29, 0.717) is 15.8 Å². The zero-order valence-corrected chi connectivity index (χ0v) is 15.0. The molecule has 0 spiro atoms. The Hall–Kier alpha value is -1.86. The van der Waals surface area contributed by atoms with E-state index in [1.165, 1.54) is 4.31 Å². The second kappa shape index (κ2) is 7.61. The summed E-state index contributed by atoms with van der Waals surface area (Å²) in [6, 6.07) is 16.1. The third kappa shape index (κ3) is 5.07. The average Bonchev–Trinajstić information content (AvgIpc) is 2.49. The van der Waals surface area contributed by atoms with Gasteiger partial charge in [-0.05, 0) is 40.2 Å². The molecule has 0 aliphatic rings. The fourth-order valence-electron chi connectivity index (χ4n) is 2.07. The number of sulfonamides is 1. The van der Waals surface area contributed by atoms with Crippen LogP contribution in [0.4, 0.5) is 11.4 Å². The van der Waals surface area contributed by atoms with Crippen molar-refractivity contribution < 1.29 is 13.2 Å². The SMILES string of the molecule is CS(=O)(=O)N(CCC(=O)Nc1ccccc1)c1ccccc1Br. The van der Waals surface area contributed by atoms with Crippen molar-refractivity contribution in [1.29, 1.82) is 0 Å². The van der Waals surface area contributed by atoms with E-state index in [1.807, 2.05) is 18.2 Å². The van der Waals surface area contributed by atoms with E-state index in [2.05, 4.69) is 21.2 Å². The first-order chi connectivity index (χ1) is 10.9. The number of hydrogen-bond acceptors (Lipinski definition) is 3. The highest BCUT2D eigenvalue weighted by molar-refractivity contribution is 9.10. The van der Waals surface area contributed by atoms with Crippen LogP contribution < -0.4 is 9.62 Å². The summed E-state index contributed by atoms with van der Waals surface area (Å²) in [7, 11) is -3.49. The van der Waals surface area contributed by atoms with Crippen molar-refractivity contribution in [3.05, 3.63) is 59.1 Å². The lowest BCUT2D eigenvalue weighted by Gasteiger charge is -2.23. The zero-order chi connectivity index (χ0) is 16.9. The molecule has 23 heavy (non-hydrogen) atoms. The van der Waals surface area contributed by atoms with Gasteiger partial charge in [0, 0.05) is 23.1 Å². The molecular weight excluding hydrogens is 380 g/mol. The maximum Gasteiger partial charge on any atom is 0.232 e. The Labute approximate surface area is 144 Å². The van der Waals surface area contributed by atoms with Crippen LogP contribution in [0.25, 0.3) is 0 Å². The molecule has 0 heterocycles. The van der Waals surface area contributed by atoms with Gasteiger partial charge in [0.15, 0.2) is 0 Å². The molecule has 0 aliphatic carbocycles. The van der Waals surface area contributed by atoms with Gasteiger partial charge in [-0.25, -0.2) is 8.42 Å². The number of anilines is 2. The number of nitrogens with one attached hydrogen (secondary N) is 1. The number of benzene rings is 2. The van der Waals surface area contributed by atoms with Gasteiger partial charge in [0.2, 0.25) is 15.9 Å². The molecule has 0 fully saturated rings. The molecule has 0 aliphatic heterocycles. The maximum absolute atomic E-state index is 12.0. The van der Waals surface area contributed by atoms with Gasteiger partial charge in [-0.15, -0.1) is 0 Å². The Bertz CT molecular complexity index is 779. The van der Waals surface area contributed by atoms with Crippen LogP contribution in [0.15, 0.2) is 59.1 Å². The molecule has 2 aromatic rings. The number of halogens is 1. The van der Waals surface area contributed by atoms with Crippen molar-refractivity contribution in [2.45, 2.75) is 6.42 Å². The van der Waals surface area contributed by atoms with Crippen LogP contribution in [-0.2, 0) is 14.8 Å². The standard InChI is InChI=1S/C16H17BrN2O3S/c1-23(21,22)19(15-10-6-5-9-14(15)17)12-11-16(20)18-13-7-3-2-4-8-13/h2-10H,11-12H2,1H3,(H,18,20). The summed E-state index contributed by atoms with van der Waals surface area (Å²) >= 11 is 3.34. The van der Waals surface area contributed by atoms with Crippen molar-refractivity contribution in [1.82, 2.24) is 0 Å². The van der Waals surface area contributed by atoms with E-state index in [0.717, 1.165) is 6.26 Å². The summed E-state index contributed by atoms with van der Waals surface area (Å²) in [4.78, 5) is 12.0. The van der Waals surface area contributed by atoms with E-state index < -0.39 is 10.0 Å². The van der Waals surface area contributed by atoms with Crippen LogP contribution in [0.1, 0.15) is 6.42 Å². The molecule has 0 aromatic heterocycles. The normalized spacial score (nSPS) is 11.0. The van der Waals surface area contributed by atoms with Crippen molar-refractivity contribution >= 4 is 43.2 Å². The molecule has 0 unspecified atom stereocenters. The molecule has 2 rings (SSSR count). The monoisotopic (exact) mass is 396 g/mol. The Balaban J connectivity index is 2.08. The van der Waals surface area contributed by atoms with Gasteiger partial charge in [-0.1, -0.05) is 30.3 Å². The highest BCUT2D eigenvalue weighted by Crippen LogP contribution is 2.27. The largest absolute Gasteiger partial charge is 0.326 e. The fourth-order valence-corrected chi connectivity index (χ4v) is 3.62. The second-order valence-electron chi connectivity index (χ2n) is 4.95. The Kier molecular flexibility index (Phi) is 5.79. The van der Waals surface area contributed by atoms with Crippen molar-refractivity contribution in [2.75, 3.05) is 22.4 Å². The minimum Gasteiger partial charge on any atom is -0.326 e. The summed E-state index contributed by atoms with van der Waals surface area (Å²) in [5, 5.41) is 2.74. The molecule has 122 valence electrons. The minimum absolute atomic E-state index is 0.0588. The smallest absolute Gasteiger partial charge is 0.232 e. The second-order valence-corrected chi connectivity index (χ2v) is 7.71. The van der Waals surface area contributed by atoms with E-state index in [-0.39, 0.29) is 18.9 Å². The lowest BCUT2D eigenvalue weighted by atomic mass is 10.3. The molecule has 0 radical (unpaired) electrons. The molecule has 7 heteroatoms. The highest BCUT2D eigenvalue weighted by Gasteiger charge is 2.20. The number of carbonyl (C=O) groups is 1. The van der Waals surface area contributed by atoms with Crippen molar-refractivity contribution in [3.8, 4) is 0 Å². The third-order valence-electron chi connectivity index (χ3n) is 3.12. The molecular formula is C16H17BrN2O3S.